The highest BCUT2D eigenvalue weighted by molar-refractivity contribution is 5.77. The topological polar surface area (TPSA) is 78.6 Å². The van der Waals surface area contributed by atoms with Gasteiger partial charge in [0.2, 0.25) is 5.91 Å². The Morgan fingerprint density at radius 3 is 2.37 bits per heavy atom. The molecule has 6 nitrogen and oxygen atoms in total. The van der Waals surface area contributed by atoms with Crippen molar-refractivity contribution in [1.29, 1.82) is 0 Å². The molecule has 2 rings (SSSR count). The molecular formula is C13H21N3O3. The minimum Gasteiger partial charge on any atom is -0.388 e. The van der Waals surface area contributed by atoms with Crippen LogP contribution in [0, 0.1) is 13.8 Å². The molecule has 1 saturated heterocycles. The predicted molar refractivity (Wildman–Crippen MR) is 69.6 cm³/mol. The largest absolute Gasteiger partial charge is 0.388 e. The molecule has 2 heterocycles. The summed E-state index contributed by atoms with van der Waals surface area (Å²) in [5, 5.41) is 23.2. The number of hydrogen-bond donors (Lipinski definition) is 2. The van der Waals surface area contributed by atoms with Gasteiger partial charge in [0.1, 0.15) is 0 Å². The number of β-amino-alcohol motifs (C(OH)–C–C–N with tert-alkyl or cyclic N) is 2. The second-order valence-corrected chi connectivity index (χ2v) is 5.21. The van der Waals surface area contributed by atoms with Crippen LogP contribution in [0.4, 0.5) is 0 Å². The Morgan fingerprint density at radius 1 is 1.32 bits per heavy atom. The zero-order valence-electron chi connectivity index (χ0n) is 11.6. The Morgan fingerprint density at radius 2 is 1.89 bits per heavy atom. The van der Waals surface area contributed by atoms with E-state index in [1.807, 2.05) is 25.6 Å². The van der Waals surface area contributed by atoms with Crippen molar-refractivity contribution in [3.63, 3.8) is 0 Å². The summed E-state index contributed by atoms with van der Waals surface area (Å²) in [6.45, 7) is 4.38. The van der Waals surface area contributed by atoms with Crippen molar-refractivity contribution in [2.24, 2.45) is 7.05 Å². The number of hydrogen-bond acceptors (Lipinski definition) is 4. The molecule has 0 aliphatic carbocycles. The average Bonchev–Trinajstić information content (AvgIpc) is 2.80. The lowest BCUT2D eigenvalue weighted by molar-refractivity contribution is -0.130. The standard InChI is InChI=1S/C13H21N3O3/c1-8-10(9(2)15(3)14-8)4-5-13(19)16-6-11(17)12(18)7-16/h11-12,17-18H,4-7H2,1-3H3/t11-,12+. The molecule has 0 spiro atoms. The fourth-order valence-corrected chi connectivity index (χ4v) is 2.54. The van der Waals surface area contributed by atoms with Gasteiger partial charge in [-0.25, -0.2) is 0 Å². The molecule has 6 heteroatoms. The molecule has 0 unspecified atom stereocenters. The highest BCUT2D eigenvalue weighted by atomic mass is 16.3. The first-order chi connectivity index (χ1) is 8.90. The molecule has 1 aliphatic heterocycles. The summed E-state index contributed by atoms with van der Waals surface area (Å²) in [6.07, 6.45) is -0.600. The van der Waals surface area contributed by atoms with Crippen LogP contribution in [0.15, 0.2) is 0 Å². The van der Waals surface area contributed by atoms with Crippen LogP contribution in [0.25, 0.3) is 0 Å². The van der Waals surface area contributed by atoms with E-state index in [-0.39, 0.29) is 19.0 Å². The second-order valence-electron chi connectivity index (χ2n) is 5.21. The maximum atomic E-state index is 12.0. The molecule has 19 heavy (non-hydrogen) atoms. The Balaban J connectivity index is 1.94. The molecule has 0 bridgehead atoms. The van der Waals surface area contributed by atoms with E-state index in [9.17, 15) is 15.0 Å². The van der Waals surface area contributed by atoms with Gasteiger partial charge in [-0.2, -0.15) is 5.10 Å². The number of carbonyl (C=O) groups is 1. The Kier molecular flexibility index (Phi) is 3.91. The lowest BCUT2D eigenvalue weighted by atomic mass is 10.1. The summed E-state index contributed by atoms with van der Waals surface area (Å²) >= 11 is 0. The van der Waals surface area contributed by atoms with Gasteiger partial charge in [0.25, 0.3) is 0 Å². The number of aromatic nitrogens is 2. The number of likely N-dealkylation sites (tertiary alicyclic amines) is 1. The summed E-state index contributed by atoms with van der Waals surface area (Å²) in [6, 6.07) is 0. The zero-order valence-corrected chi connectivity index (χ0v) is 11.6. The van der Waals surface area contributed by atoms with Crippen LogP contribution in [-0.4, -0.2) is 56.1 Å². The molecule has 1 amide bonds. The highest BCUT2D eigenvalue weighted by Crippen LogP contribution is 2.16. The van der Waals surface area contributed by atoms with Crippen LogP contribution >= 0.6 is 0 Å². The van der Waals surface area contributed by atoms with Gasteiger partial charge in [-0.3, -0.25) is 9.48 Å². The van der Waals surface area contributed by atoms with Gasteiger partial charge in [-0.1, -0.05) is 0 Å². The molecule has 0 radical (unpaired) electrons. The van der Waals surface area contributed by atoms with Crippen molar-refractivity contribution in [2.75, 3.05) is 13.1 Å². The second kappa shape index (κ2) is 5.30. The van der Waals surface area contributed by atoms with E-state index >= 15 is 0 Å². The Bertz CT molecular complexity index is 474. The van der Waals surface area contributed by atoms with Crippen molar-refractivity contribution in [2.45, 2.75) is 38.9 Å². The van der Waals surface area contributed by atoms with Crippen molar-refractivity contribution in [3.8, 4) is 0 Å². The third-order valence-corrected chi connectivity index (χ3v) is 3.86. The van der Waals surface area contributed by atoms with Crippen LogP contribution in [-0.2, 0) is 18.3 Å². The summed E-state index contributed by atoms with van der Waals surface area (Å²) in [4.78, 5) is 13.5. The molecule has 1 fully saturated rings. The zero-order chi connectivity index (χ0) is 14.2. The number of carbonyl (C=O) groups excluding carboxylic acids is 1. The average molecular weight is 267 g/mol. The van der Waals surface area contributed by atoms with Gasteiger partial charge in [-0.05, 0) is 25.8 Å². The molecule has 0 saturated carbocycles. The minimum absolute atomic E-state index is 0.0294. The number of aliphatic hydroxyl groups is 2. The Hall–Kier alpha value is -1.40. The van der Waals surface area contributed by atoms with Crippen LogP contribution in [0.1, 0.15) is 23.4 Å². The molecule has 2 atom stereocenters. The maximum absolute atomic E-state index is 12.0. The fourth-order valence-electron chi connectivity index (χ4n) is 2.54. The van der Waals surface area contributed by atoms with E-state index in [2.05, 4.69) is 5.10 Å². The molecule has 1 aliphatic rings. The predicted octanol–water partition coefficient (Wildman–Crippen LogP) is -0.466. The van der Waals surface area contributed by atoms with E-state index in [1.54, 1.807) is 0 Å². The van der Waals surface area contributed by atoms with Crippen LogP contribution in [0.2, 0.25) is 0 Å². The van der Waals surface area contributed by atoms with Crippen LogP contribution in [0.5, 0.6) is 0 Å². The smallest absolute Gasteiger partial charge is 0.223 e. The van der Waals surface area contributed by atoms with Crippen LogP contribution in [0.3, 0.4) is 0 Å². The first kappa shape index (κ1) is 14.0. The monoisotopic (exact) mass is 267 g/mol. The molecule has 2 N–H and O–H groups in total. The minimum atomic E-state index is -0.814. The quantitative estimate of drug-likeness (QED) is 0.776. The normalized spacial score (nSPS) is 23.1. The van der Waals surface area contributed by atoms with Gasteiger partial charge in [0.05, 0.1) is 17.9 Å². The highest BCUT2D eigenvalue weighted by Gasteiger charge is 2.32. The van der Waals surface area contributed by atoms with E-state index in [0.29, 0.717) is 12.8 Å². The lowest BCUT2D eigenvalue weighted by Crippen LogP contribution is -2.30. The van der Waals surface area contributed by atoms with E-state index in [1.165, 1.54) is 4.90 Å². The number of nitrogens with zero attached hydrogens (tertiary/aromatic N) is 3. The summed E-state index contributed by atoms with van der Waals surface area (Å²) in [7, 11) is 1.89. The number of rotatable bonds is 3. The number of aryl methyl sites for hydroxylation is 2. The van der Waals surface area contributed by atoms with Crippen LogP contribution < -0.4 is 0 Å². The van der Waals surface area contributed by atoms with Crippen molar-refractivity contribution < 1.29 is 15.0 Å². The fraction of sp³-hybridized carbons (Fsp3) is 0.692. The van der Waals surface area contributed by atoms with E-state index < -0.39 is 12.2 Å². The molecular weight excluding hydrogens is 246 g/mol. The molecule has 1 aromatic rings. The third kappa shape index (κ3) is 2.79. The van der Waals surface area contributed by atoms with E-state index in [4.69, 9.17) is 0 Å². The number of amides is 1. The van der Waals surface area contributed by atoms with Gasteiger partial charge >= 0.3 is 0 Å². The summed E-state index contributed by atoms with van der Waals surface area (Å²) < 4.78 is 1.82. The lowest BCUT2D eigenvalue weighted by Gasteiger charge is -2.15. The SMILES string of the molecule is Cc1nn(C)c(C)c1CCC(=O)N1C[C@@H](O)[C@@H](O)C1. The third-order valence-electron chi connectivity index (χ3n) is 3.86. The molecule has 0 aromatic carbocycles. The summed E-state index contributed by atoms with van der Waals surface area (Å²) in [5.74, 6) is -0.0294. The van der Waals surface area contributed by atoms with Crippen molar-refractivity contribution in [3.05, 3.63) is 17.0 Å². The van der Waals surface area contributed by atoms with Crippen molar-refractivity contribution in [1.82, 2.24) is 14.7 Å². The van der Waals surface area contributed by atoms with E-state index in [0.717, 1.165) is 17.0 Å². The van der Waals surface area contributed by atoms with Gasteiger partial charge < -0.3 is 15.1 Å². The summed E-state index contributed by atoms with van der Waals surface area (Å²) in [5.41, 5.74) is 3.14. The molecule has 106 valence electrons. The Labute approximate surface area is 112 Å². The van der Waals surface area contributed by atoms with Gasteiger partial charge in [0, 0.05) is 32.3 Å². The number of aliphatic hydroxyl groups excluding tert-OH is 2. The first-order valence-electron chi connectivity index (χ1n) is 6.53. The molecule has 1 aromatic heterocycles. The van der Waals surface area contributed by atoms with Gasteiger partial charge in [0.15, 0.2) is 0 Å². The van der Waals surface area contributed by atoms with Gasteiger partial charge in [-0.15, -0.1) is 0 Å². The van der Waals surface area contributed by atoms with Crippen molar-refractivity contribution >= 4 is 5.91 Å². The maximum Gasteiger partial charge on any atom is 0.223 e. The first-order valence-corrected chi connectivity index (χ1v) is 6.53.